The third-order valence-electron chi connectivity index (χ3n) is 6.06. The largest absolute Gasteiger partial charge is 0.115 e. The minimum atomic E-state index is 0.766. The first-order valence-corrected chi connectivity index (χ1v) is 9.46. The Balaban J connectivity index is 1.65. The van der Waals surface area contributed by atoms with Crippen molar-refractivity contribution in [1.29, 1.82) is 0 Å². The second-order valence-electron chi connectivity index (χ2n) is 7.48. The zero-order valence-electron chi connectivity index (χ0n) is 14.0. The molecule has 21 heavy (non-hydrogen) atoms. The summed E-state index contributed by atoms with van der Waals surface area (Å²) in [5, 5.41) is 0. The maximum absolute atomic E-state index is 5.31. The molecule has 0 heteroatoms. The van der Waals surface area contributed by atoms with Crippen LogP contribution in [0.3, 0.4) is 0 Å². The van der Waals surface area contributed by atoms with E-state index >= 15 is 0 Å². The fourth-order valence-corrected chi connectivity index (χ4v) is 4.63. The number of unbranched alkanes of at least 4 members (excludes halogenated alkanes) is 2. The SMILES string of the molecule is C#CC=CC1CCC(C2CCC(CCCCC)CC2)CC1. The number of rotatable bonds is 6. The molecule has 0 atom stereocenters. The summed E-state index contributed by atoms with van der Waals surface area (Å²) in [6.07, 6.45) is 27.0. The predicted molar refractivity (Wildman–Crippen MR) is 93.0 cm³/mol. The Kier molecular flexibility index (Phi) is 7.42. The van der Waals surface area contributed by atoms with Crippen LogP contribution in [0.5, 0.6) is 0 Å². The number of hydrogen-bond acceptors (Lipinski definition) is 0. The molecule has 0 amide bonds. The Morgan fingerprint density at radius 2 is 1.52 bits per heavy atom. The van der Waals surface area contributed by atoms with Crippen molar-refractivity contribution in [2.24, 2.45) is 23.7 Å². The molecule has 2 aliphatic rings. The van der Waals surface area contributed by atoms with E-state index in [0.29, 0.717) is 0 Å². The lowest BCUT2D eigenvalue weighted by Crippen LogP contribution is -2.25. The van der Waals surface area contributed by atoms with Gasteiger partial charge in [0.25, 0.3) is 0 Å². The fraction of sp³-hybridized carbons (Fsp3) is 0.810. The van der Waals surface area contributed by atoms with Crippen LogP contribution in [-0.2, 0) is 0 Å². The van der Waals surface area contributed by atoms with Crippen LogP contribution in [0.15, 0.2) is 12.2 Å². The monoisotopic (exact) mass is 286 g/mol. The standard InChI is InChI=1S/C21H34/c1-3-5-7-9-19-12-16-21(17-13-19)20-14-10-18(11-15-20)8-6-4-2/h2,6,8,18-21H,3,5,7,9-17H2,1H3. The molecule has 0 nitrogen and oxygen atoms in total. The number of hydrogen-bond donors (Lipinski definition) is 0. The molecule has 0 saturated heterocycles. The lowest BCUT2D eigenvalue weighted by Gasteiger charge is -2.37. The van der Waals surface area contributed by atoms with Gasteiger partial charge < -0.3 is 0 Å². The summed E-state index contributed by atoms with van der Waals surface area (Å²) in [4.78, 5) is 0. The van der Waals surface area contributed by atoms with Gasteiger partial charge in [-0.3, -0.25) is 0 Å². The highest BCUT2D eigenvalue weighted by Crippen LogP contribution is 2.42. The average Bonchev–Trinajstić information content (AvgIpc) is 2.54. The molecule has 0 aliphatic heterocycles. The Morgan fingerprint density at radius 3 is 2.10 bits per heavy atom. The lowest BCUT2D eigenvalue weighted by molar-refractivity contribution is 0.151. The highest BCUT2D eigenvalue weighted by atomic mass is 14.4. The Morgan fingerprint density at radius 1 is 0.905 bits per heavy atom. The third-order valence-corrected chi connectivity index (χ3v) is 6.06. The Labute approximate surface area is 132 Å². The molecule has 0 aromatic carbocycles. The quantitative estimate of drug-likeness (QED) is 0.393. The molecule has 0 spiro atoms. The Hall–Kier alpha value is -0.700. The molecule has 118 valence electrons. The van der Waals surface area contributed by atoms with E-state index < -0.39 is 0 Å². The molecule has 0 N–H and O–H groups in total. The summed E-state index contributed by atoms with van der Waals surface area (Å²) in [5.74, 6) is 6.53. The van der Waals surface area contributed by atoms with Crippen molar-refractivity contribution in [3.8, 4) is 12.3 Å². The van der Waals surface area contributed by atoms with E-state index in [-0.39, 0.29) is 0 Å². The summed E-state index contributed by atoms with van der Waals surface area (Å²) in [6, 6.07) is 0. The molecule has 0 radical (unpaired) electrons. The van der Waals surface area contributed by atoms with Crippen LogP contribution in [0.25, 0.3) is 0 Å². The minimum absolute atomic E-state index is 0.766. The van der Waals surface area contributed by atoms with Crippen LogP contribution in [0.1, 0.15) is 84.0 Å². The van der Waals surface area contributed by atoms with E-state index in [9.17, 15) is 0 Å². The van der Waals surface area contributed by atoms with E-state index in [4.69, 9.17) is 6.42 Å². The van der Waals surface area contributed by atoms with E-state index in [1.807, 2.05) is 6.08 Å². The second kappa shape index (κ2) is 9.34. The van der Waals surface area contributed by atoms with Crippen molar-refractivity contribution in [3.63, 3.8) is 0 Å². The second-order valence-corrected chi connectivity index (χ2v) is 7.48. The van der Waals surface area contributed by atoms with E-state index in [1.165, 1.54) is 77.0 Å². The molecule has 2 saturated carbocycles. The lowest BCUT2D eigenvalue weighted by atomic mass is 9.68. The highest BCUT2D eigenvalue weighted by Gasteiger charge is 2.30. The molecule has 0 aromatic heterocycles. The maximum Gasteiger partial charge on any atom is -0.0159 e. The number of terminal acetylenes is 1. The van der Waals surface area contributed by atoms with Gasteiger partial charge in [-0.05, 0) is 68.3 Å². The van der Waals surface area contributed by atoms with Gasteiger partial charge in [0.1, 0.15) is 0 Å². The van der Waals surface area contributed by atoms with Gasteiger partial charge in [0.2, 0.25) is 0 Å². The van der Waals surface area contributed by atoms with E-state index in [1.54, 1.807) is 0 Å². The van der Waals surface area contributed by atoms with E-state index in [0.717, 1.165) is 23.7 Å². The first-order valence-electron chi connectivity index (χ1n) is 9.46. The summed E-state index contributed by atoms with van der Waals surface area (Å²) in [6.45, 7) is 2.31. The van der Waals surface area contributed by atoms with E-state index in [2.05, 4.69) is 18.9 Å². The topological polar surface area (TPSA) is 0 Å². The van der Waals surface area contributed by atoms with Crippen LogP contribution in [0, 0.1) is 36.0 Å². The zero-order chi connectivity index (χ0) is 14.9. The molecule has 2 aliphatic carbocycles. The summed E-state index contributed by atoms with van der Waals surface area (Å²) < 4.78 is 0. The van der Waals surface area contributed by atoms with Gasteiger partial charge in [-0.15, -0.1) is 6.42 Å². The van der Waals surface area contributed by atoms with Gasteiger partial charge in [0.15, 0.2) is 0 Å². The van der Waals surface area contributed by atoms with Gasteiger partial charge in [0.05, 0.1) is 0 Å². The first-order chi connectivity index (χ1) is 10.3. The Bertz CT molecular complexity index is 330. The fourth-order valence-electron chi connectivity index (χ4n) is 4.63. The molecule has 2 rings (SSSR count). The van der Waals surface area contributed by atoms with Gasteiger partial charge in [-0.1, -0.05) is 57.4 Å². The van der Waals surface area contributed by atoms with Crippen molar-refractivity contribution in [2.75, 3.05) is 0 Å². The third kappa shape index (κ3) is 5.54. The van der Waals surface area contributed by atoms with Gasteiger partial charge in [-0.2, -0.15) is 0 Å². The summed E-state index contributed by atoms with van der Waals surface area (Å²) in [5.41, 5.74) is 0. The molecule has 0 heterocycles. The van der Waals surface area contributed by atoms with Crippen LogP contribution < -0.4 is 0 Å². The van der Waals surface area contributed by atoms with Crippen molar-refractivity contribution in [3.05, 3.63) is 12.2 Å². The molecule has 0 aromatic rings. The first kappa shape index (κ1) is 16.7. The normalized spacial score (nSPS) is 33.9. The van der Waals surface area contributed by atoms with Gasteiger partial charge in [-0.25, -0.2) is 0 Å². The summed E-state index contributed by atoms with van der Waals surface area (Å²) >= 11 is 0. The maximum atomic E-state index is 5.31. The zero-order valence-corrected chi connectivity index (χ0v) is 14.0. The minimum Gasteiger partial charge on any atom is -0.115 e. The van der Waals surface area contributed by atoms with Crippen molar-refractivity contribution < 1.29 is 0 Å². The van der Waals surface area contributed by atoms with Crippen LogP contribution >= 0.6 is 0 Å². The highest BCUT2D eigenvalue weighted by molar-refractivity contribution is 5.10. The molecular formula is C21H34. The van der Waals surface area contributed by atoms with Crippen molar-refractivity contribution in [2.45, 2.75) is 84.0 Å². The smallest absolute Gasteiger partial charge is 0.0159 e. The molecule has 0 unspecified atom stereocenters. The molecule has 0 bridgehead atoms. The molecular weight excluding hydrogens is 252 g/mol. The van der Waals surface area contributed by atoms with Crippen molar-refractivity contribution in [1.82, 2.24) is 0 Å². The number of allylic oxidation sites excluding steroid dienone is 2. The van der Waals surface area contributed by atoms with Crippen molar-refractivity contribution >= 4 is 0 Å². The van der Waals surface area contributed by atoms with Gasteiger partial charge in [0, 0.05) is 0 Å². The van der Waals surface area contributed by atoms with Crippen LogP contribution in [0.2, 0.25) is 0 Å². The average molecular weight is 287 g/mol. The van der Waals surface area contributed by atoms with Gasteiger partial charge >= 0.3 is 0 Å². The van der Waals surface area contributed by atoms with Crippen LogP contribution in [0.4, 0.5) is 0 Å². The predicted octanol–water partition coefficient (Wildman–Crippen LogP) is 6.37. The summed E-state index contributed by atoms with van der Waals surface area (Å²) in [7, 11) is 0. The van der Waals surface area contributed by atoms with Crippen LogP contribution in [-0.4, -0.2) is 0 Å². The molecule has 2 fully saturated rings.